The highest BCUT2D eigenvalue weighted by atomic mass is 16.5. The molecule has 0 bridgehead atoms. The van der Waals surface area contributed by atoms with Crippen LogP contribution in [0.15, 0.2) is 54.6 Å². The van der Waals surface area contributed by atoms with Gasteiger partial charge < -0.3 is 15.4 Å². The molecule has 1 fully saturated rings. The Bertz CT molecular complexity index is 894. The van der Waals surface area contributed by atoms with Crippen molar-refractivity contribution in [1.29, 1.82) is 0 Å². The van der Waals surface area contributed by atoms with E-state index >= 15 is 0 Å². The Morgan fingerprint density at radius 1 is 0.929 bits per heavy atom. The van der Waals surface area contributed by atoms with Crippen LogP contribution in [0.2, 0.25) is 0 Å². The average molecular weight is 381 g/mol. The van der Waals surface area contributed by atoms with Gasteiger partial charge in [0, 0.05) is 11.6 Å². The fourth-order valence-electron chi connectivity index (χ4n) is 2.37. The number of hydrogen-bond donors (Lipinski definition) is 3. The highest BCUT2D eigenvalue weighted by Crippen LogP contribution is 2.18. The number of imide groups is 1. The van der Waals surface area contributed by atoms with Crippen molar-refractivity contribution in [1.82, 2.24) is 10.6 Å². The predicted octanol–water partition coefficient (Wildman–Crippen LogP) is 2.08. The number of anilines is 1. The topological polar surface area (TPSA) is 114 Å². The molecule has 8 nitrogen and oxygen atoms in total. The maximum Gasteiger partial charge on any atom is 0.340 e. The first kappa shape index (κ1) is 19.1. The molecule has 28 heavy (non-hydrogen) atoms. The Hall–Kier alpha value is -3.68. The van der Waals surface area contributed by atoms with Gasteiger partial charge in [-0.2, -0.15) is 0 Å². The van der Waals surface area contributed by atoms with Crippen molar-refractivity contribution in [2.75, 3.05) is 11.9 Å². The first-order chi connectivity index (χ1) is 13.5. The van der Waals surface area contributed by atoms with Gasteiger partial charge in [-0.15, -0.1) is 0 Å². The summed E-state index contributed by atoms with van der Waals surface area (Å²) in [7, 11) is 0. The van der Waals surface area contributed by atoms with Crippen LogP contribution in [0, 0.1) is 0 Å². The van der Waals surface area contributed by atoms with Crippen LogP contribution in [0.3, 0.4) is 0 Å². The van der Waals surface area contributed by atoms with E-state index in [1.54, 1.807) is 48.5 Å². The predicted molar refractivity (Wildman–Crippen MR) is 101 cm³/mol. The third-order valence-electron chi connectivity index (χ3n) is 3.93. The third-order valence-corrected chi connectivity index (χ3v) is 3.93. The van der Waals surface area contributed by atoms with Crippen LogP contribution in [-0.4, -0.2) is 36.5 Å². The summed E-state index contributed by atoms with van der Waals surface area (Å²) in [4.78, 5) is 47.8. The average Bonchev–Trinajstić information content (AvgIpc) is 3.51. The number of carbonyl (C=O) groups is 4. The van der Waals surface area contributed by atoms with Crippen molar-refractivity contribution in [3.63, 3.8) is 0 Å². The fourth-order valence-corrected chi connectivity index (χ4v) is 2.37. The zero-order chi connectivity index (χ0) is 19.9. The van der Waals surface area contributed by atoms with E-state index in [0.717, 1.165) is 12.8 Å². The number of amides is 4. The summed E-state index contributed by atoms with van der Waals surface area (Å²) in [5.41, 5.74) is 0.793. The number of carbonyl (C=O) groups excluding carboxylic acids is 4. The minimum absolute atomic E-state index is 0.0991. The van der Waals surface area contributed by atoms with Gasteiger partial charge in [-0.3, -0.25) is 14.9 Å². The molecule has 0 spiro atoms. The molecule has 3 N–H and O–H groups in total. The van der Waals surface area contributed by atoms with E-state index in [2.05, 4.69) is 16.0 Å². The van der Waals surface area contributed by atoms with E-state index < -0.39 is 24.5 Å². The first-order valence-corrected chi connectivity index (χ1v) is 8.76. The number of esters is 1. The molecule has 4 amide bonds. The maximum absolute atomic E-state index is 12.3. The number of para-hydroxylation sites is 1. The summed E-state index contributed by atoms with van der Waals surface area (Å²) in [5.74, 6) is -1.91. The van der Waals surface area contributed by atoms with E-state index in [0.29, 0.717) is 5.56 Å². The number of ether oxygens (including phenoxy) is 1. The molecule has 2 aromatic carbocycles. The quantitative estimate of drug-likeness (QED) is 0.663. The summed E-state index contributed by atoms with van der Waals surface area (Å²) >= 11 is 0. The standard InChI is InChI=1S/C20H19N3O5/c24-17(23-20(27)21-14-10-11-14)12-28-19(26)15-8-4-5-9-16(15)22-18(25)13-6-2-1-3-7-13/h1-9,14H,10-12H2,(H,22,25)(H2,21,23,24,27). The van der Waals surface area contributed by atoms with Crippen LogP contribution in [0.25, 0.3) is 0 Å². The number of benzene rings is 2. The Balaban J connectivity index is 1.56. The molecule has 0 aliphatic heterocycles. The van der Waals surface area contributed by atoms with E-state index in [9.17, 15) is 19.2 Å². The highest BCUT2D eigenvalue weighted by molar-refractivity contribution is 6.08. The van der Waals surface area contributed by atoms with E-state index in [1.165, 1.54) is 6.07 Å². The number of hydrogen-bond acceptors (Lipinski definition) is 5. The molecule has 0 saturated heterocycles. The van der Waals surface area contributed by atoms with Crippen molar-refractivity contribution >= 4 is 29.5 Å². The van der Waals surface area contributed by atoms with Crippen LogP contribution in [0.1, 0.15) is 33.6 Å². The SMILES string of the molecule is O=C(COC(=O)c1ccccc1NC(=O)c1ccccc1)NC(=O)NC1CC1. The molecule has 0 radical (unpaired) electrons. The molecular formula is C20H19N3O5. The van der Waals surface area contributed by atoms with Crippen LogP contribution in [0.4, 0.5) is 10.5 Å². The van der Waals surface area contributed by atoms with Crippen molar-refractivity contribution < 1.29 is 23.9 Å². The van der Waals surface area contributed by atoms with E-state index in [-0.39, 0.29) is 23.2 Å². The molecule has 0 atom stereocenters. The van der Waals surface area contributed by atoms with Crippen LogP contribution in [0.5, 0.6) is 0 Å². The largest absolute Gasteiger partial charge is 0.452 e. The van der Waals surface area contributed by atoms with Gasteiger partial charge in [-0.25, -0.2) is 9.59 Å². The van der Waals surface area contributed by atoms with Gasteiger partial charge >= 0.3 is 12.0 Å². The lowest BCUT2D eigenvalue weighted by Crippen LogP contribution is -2.42. The van der Waals surface area contributed by atoms with Gasteiger partial charge in [0.1, 0.15) is 0 Å². The minimum Gasteiger partial charge on any atom is -0.452 e. The smallest absolute Gasteiger partial charge is 0.340 e. The second-order valence-electron chi connectivity index (χ2n) is 6.24. The van der Waals surface area contributed by atoms with Crippen molar-refractivity contribution in [3.8, 4) is 0 Å². The van der Waals surface area contributed by atoms with Gasteiger partial charge in [-0.1, -0.05) is 30.3 Å². The van der Waals surface area contributed by atoms with Crippen LogP contribution in [-0.2, 0) is 9.53 Å². The molecular weight excluding hydrogens is 362 g/mol. The van der Waals surface area contributed by atoms with Crippen molar-refractivity contribution in [3.05, 3.63) is 65.7 Å². The number of nitrogens with one attached hydrogen (secondary N) is 3. The number of rotatable bonds is 6. The molecule has 1 aliphatic rings. The summed E-state index contributed by atoms with van der Waals surface area (Å²) in [6, 6.07) is 14.3. The molecule has 3 rings (SSSR count). The molecule has 1 aliphatic carbocycles. The minimum atomic E-state index is -0.790. The Labute approximate surface area is 161 Å². The third kappa shape index (κ3) is 5.41. The Morgan fingerprint density at radius 2 is 1.61 bits per heavy atom. The van der Waals surface area contributed by atoms with Crippen molar-refractivity contribution in [2.45, 2.75) is 18.9 Å². The normalized spacial score (nSPS) is 12.6. The molecule has 0 aromatic heterocycles. The summed E-state index contributed by atoms with van der Waals surface area (Å²) in [5, 5.41) is 7.33. The zero-order valence-electron chi connectivity index (χ0n) is 14.9. The van der Waals surface area contributed by atoms with Gasteiger partial charge in [-0.05, 0) is 37.1 Å². The molecule has 144 valence electrons. The zero-order valence-corrected chi connectivity index (χ0v) is 14.9. The first-order valence-electron chi connectivity index (χ1n) is 8.76. The lowest BCUT2D eigenvalue weighted by molar-refractivity contribution is -0.123. The Kier molecular flexibility index (Phi) is 6.01. The maximum atomic E-state index is 12.3. The molecule has 2 aromatic rings. The summed E-state index contributed by atoms with van der Waals surface area (Å²) in [6.07, 6.45) is 1.78. The lowest BCUT2D eigenvalue weighted by atomic mass is 10.1. The van der Waals surface area contributed by atoms with Gasteiger partial charge in [0.2, 0.25) is 0 Å². The summed E-state index contributed by atoms with van der Waals surface area (Å²) in [6.45, 7) is -0.613. The summed E-state index contributed by atoms with van der Waals surface area (Å²) < 4.78 is 4.96. The van der Waals surface area contributed by atoms with Gasteiger partial charge in [0.05, 0.1) is 11.3 Å². The van der Waals surface area contributed by atoms with E-state index in [1.807, 2.05) is 0 Å². The second kappa shape index (κ2) is 8.81. The van der Waals surface area contributed by atoms with Crippen molar-refractivity contribution in [2.24, 2.45) is 0 Å². The highest BCUT2D eigenvalue weighted by Gasteiger charge is 2.24. The lowest BCUT2D eigenvalue weighted by Gasteiger charge is -2.11. The second-order valence-corrected chi connectivity index (χ2v) is 6.24. The van der Waals surface area contributed by atoms with Gasteiger partial charge in [0.15, 0.2) is 6.61 Å². The van der Waals surface area contributed by atoms with Gasteiger partial charge in [0.25, 0.3) is 11.8 Å². The molecule has 0 unspecified atom stereocenters. The monoisotopic (exact) mass is 381 g/mol. The Morgan fingerprint density at radius 3 is 2.32 bits per heavy atom. The number of urea groups is 1. The molecule has 1 saturated carbocycles. The fraction of sp³-hybridized carbons (Fsp3) is 0.200. The van der Waals surface area contributed by atoms with E-state index in [4.69, 9.17) is 4.74 Å². The van der Waals surface area contributed by atoms with Crippen LogP contribution < -0.4 is 16.0 Å². The molecule has 8 heteroatoms. The van der Waals surface area contributed by atoms with Crippen LogP contribution >= 0.6 is 0 Å². The molecule has 0 heterocycles.